The number of ether oxygens (including phenoxy) is 3. The van der Waals surface area contributed by atoms with Gasteiger partial charge >= 0.3 is 6.18 Å². The highest BCUT2D eigenvalue weighted by molar-refractivity contribution is 6.58. The molecule has 13 heteroatoms. The molecule has 1 saturated carbocycles. The van der Waals surface area contributed by atoms with E-state index in [0.29, 0.717) is 16.7 Å². The van der Waals surface area contributed by atoms with Gasteiger partial charge in [0.2, 0.25) is 13.1 Å². The van der Waals surface area contributed by atoms with E-state index in [9.17, 15) is 27.5 Å². The molecule has 0 spiro atoms. The van der Waals surface area contributed by atoms with Crippen LogP contribution in [0.5, 0.6) is 11.5 Å². The summed E-state index contributed by atoms with van der Waals surface area (Å²) in [6.45, 7) is -0.551. The number of pyridine rings is 2. The SMILES string of the molecule is COC(O)(CNC(=O)c1cc(OC2CC2)c2ncccc2c1)c1cc2c(c(-c3ccc(F)cc3)n1)OC1B[C@@]21C(F)(F)F. The minimum atomic E-state index is -4.63. The van der Waals surface area contributed by atoms with Crippen LogP contribution in [-0.4, -0.2) is 60.2 Å². The van der Waals surface area contributed by atoms with Gasteiger partial charge in [0, 0.05) is 35.4 Å². The Hall–Kier alpha value is -4.23. The summed E-state index contributed by atoms with van der Waals surface area (Å²) < 4.78 is 73.6. The fourth-order valence-electron chi connectivity index (χ4n) is 5.55. The van der Waals surface area contributed by atoms with Gasteiger partial charge in [0.05, 0.1) is 24.0 Å². The van der Waals surface area contributed by atoms with Crippen LogP contribution in [-0.2, 0) is 15.8 Å². The lowest BCUT2D eigenvalue weighted by Crippen LogP contribution is -2.43. The summed E-state index contributed by atoms with van der Waals surface area (Å²) in [7, 11) is 0.873. The summed E-state index contributed by atoms with van der Waals surface area (Å²) in [6.07, 6.45) is -1.14. The van der Waals surface area contributed by atoms with E-state index < -0.39 is 41.6 Å². The first-order valence-corrected chi connectivity index (χ1v) is 13.7. The van der Waals surface area contributed by atoms with E-state index in [4.69, 9.17) is 14.2 Å². The predicted octanol–water partition coefficient (Wildman–Crippen LogP) is 4.12. The minimum Gasteiger partial charge on any atom is -0.496 e. The first kappa shape index (κ1) is 27.6. The summed E-state index contributed by atoms with van der Waals surface area (Å²) in [6, 6.07) is 11.7. The lowest BCUT2D eigenvalue weighted by molar-refractivity contribution is -0.191. The number of alkyl halides is 3. The first-order valence-electron chi connectivity index (χ1n) is 13.7. The minimum absolute atomic E-state index is 0.00553. The molecule has 8 nitrogen and oxygen atoms in total. The van der Waals surface area contributed by atoms with E-state index >= 15 is 0 Å². The average molecular weight is 593 g/mol. The third kappa shape index (κ3) is 4.58. The number of nitrogens with one attached hydrogen (secondary N) is 1. The number of hydrogen-bond acceptors (Lipinski definition) is 7. The van der Waals surface area contributed by atoms with Gasteiger partial charge < -0.3 is 24.6 Å². The number of aliphatic hydroxyl groups is 1. The summed E-state index contributed by atoms with van der Waals surface area (Å²) in [5, 5.41) is 12.6. The molecular weight excluding hydrogens is 569 g/mol. The number of benzene rings is 2. The molecule has 3 aliphatic rings. The third-order valence-corrected chi connectivity index (χ3v) is 8.21. The molecule has 2 aromatic heterocycles. The average Bonchev–Trinajstić information content (AvgIpc) is 3.92. The molecule has 4 aromatic rings. The normalized spacial score (nSPS) is 21.7. The summed E-state index contributed by atoms with van der Waals surface area (Å²) in [4.78, 5) is 22.1. The van der Waals surface area contributed by atoms with Crippen LogP contribution in [0.15, 0.2) is 60.8 Å². The Morgan fingerprint density at radius 3 is 2.65 bits per heavy atom. The molecule has 2 unspecified atom stereocenters. The molecule has 1 amide bonds. The van der Waals surface area contributed by atoms with Crippen molar-refractivity contribution in [3.63, 3.8) is 0 Å². The lowest BCUT2D eigenvalue weighted by atomic mass is 9.79. The zero-order chi connectivity index (χ0) is 30.1. The van der Waals surface area contributed by atoms with E-state index in [1.54, 1.807) is 30.5 Å². The van der Waals surface area contributed by atoms with E-state index in [1.807, 2.05) is 0 Å². The van der Waals surface area contributed by atoms with E-state index in [-0.39, 0.29) is 47.2 Å². The van der Waals surface area contributed by atoms with Crippen molar-refractivity contribution in [1.82, 2.24) is 15.3 Å². The number of nitrogens with zero attached hydrogens (tertiary/aromatic N) is 2. The molecule has 2 N–H and O–H groups in total. The molecule has 2 aromatic carbocycles. The second kappa shape index (κ2) is 9.65. The van der Waals surface area contributed by atoms with Gasteiger partial charge in [-0.05, 0) is 61.4 Å². The molecule has 3 atom stereocenters. The number of fused-ring (bicyclic) bond motifs is 4. The monoisotopic (exact) mass is 593 g/mol. The second-order valence-corrected chi connectivity index (χ2v) is 11.1. The maximum atomic E-state index is 14.3. The number of aromatic nitrogens is 2. The van der Waals surface area contributed by atoms with Crippen molar-refractivity contribution in [2.24, 2.45) is 0 Å². The van der Waals surface area contributed by atoms with Crippen LogP contribution in [0.3, 0.4) is 0 Å². The fourth-order valence-corrected chi connectivity index (χ4v) is 5.55. The van der Waals surface area contributed by atoms with Crippen molar-refractivity contribution in [3.05, 3.63) is 83.4 Å². The van der Waals surface area contributed by atoms with Gasteiger partial charge in [0.25, 0.3) is 5.91 Å². The van der Waals surface area contributed by atoms with Crippen LogP contribution in [0.1, 0.15) is 34.5 Å². The maximum Gasteiger partial charge on any atom is 0.394 e. The van der Waals surface area contributed by atoms with Crippen molar-refractivity contribution in [2.75, 3.05) is 13.7 Å². The molecule has 0 bridgehead atoms. The highest BCUT2D eigenvalue weighted by atomic mass is 19.4. The van der Waals surface area contributed by atoms with Gasteiger partial charge in [-0.25, -0.2) is 9.37 Å². The van der Waals surface area contributed by atoms with Gasteiger partial charge in [-0.1, -0.05) is 6.07 Å². The molecule has 2 fully saturated rings. The topological polar surface area (TPSA) is 103 Å². The number of carbonyl (C=O) groups is 1. The van der Waals surface area contributed by atoms with E-state index in [2.05, 4.69) is 15.3 Å². The van der Waals surface area contributed by atoms with Gasteiger partial charge in [-0.3, -0.25) is 9.78 Å². The third-order valence-electron chi connectivity index (χ3n) is 8.21. The lowest BCUT2D eigenvalue weighted by Gasteiger charge is -2.28. The van der Waals surface area contributed by atoms with Crippen molar-refractivity contribution < 1.29 is 41.7 Å². The number of carbonyl (C=O) groups excluding carboxylic acids is 1. The van der Waals surface area contributed by atoms with Gasteiger partial charge in [-0.15, -0.1) is 0 Å². The molecule has 43 heavy (non-hydrogen) atoms. The molecule has 0 radical (unpaired) electrons. The highest BCUT2D eigenvalue weighted by Gasteiger charge is 2.78. The van der Waals surface area contributed by atoms with Gasteiger partial charge in [-0.2, -0.15) is 13.2 Å². The van der Waals surface area contributed by atoms with Crippen molar-refractivity contribution in [2.45, 2.75) is 42.2 Å². The number of hydrogen-bond donors (Lipinski definition) is 2. The van der Waals surface area contributed by atoms with Crippen molar-refractivity contribution in [1.29, 1.82) is 0 Å². The Balaban J connectivity index is 1.24. The predicted molar refractivity (Wildman–Crippen MR) is 148 cm³/mol. The fraction of sp³-hybridized carbons (Fsp3) is 0.300. The number of methoxy groups -OCH3 is 1. The maximum absolute atomic E-state index is 14.3. The summed E-state index contributed by atoms with van der Waals surface area (Å²) in [5.74, 6) is -3.09. The molecule has 4 heterocycles. The van der Waals surface area contributed by atoms with Gasteiger partial charge in [0.15, 0.2) is 0 Å². The van der Waals surface area contributed by atoms with Crippen LogP contribution in [0.4, 0.5) is 17.6 Å². The zero-order valence-corrected chi connectivity index (χ0v) is 22.7. The van der Waals surface area contributed by atoms with Gasteiger partial charge in [0.1, 0.15) is 34.2 Å². The van der Waals surface area contributed by atoms with E-state index in [0.717, 1.165) is 38.2 Å². The molecule has 2 aliphatic heterocycles. The largest absolute Gasteiger partial charge is 0.496 e. The molecule has 7 rings (SSSR count). The van der Waals surface area contributed by atoms with Crippen LogP contribution in [0, 0.1) is 5.82 Å². The van der Waals surface area contributed by atoms with Crippen LogP contribution in [0.2, 0.25) is 0 Å². The molecular formula is C30H24BF4N3O5. The quantitative estimate of drug-likeness (QED) is 0.180. The number of amides is 1. The molecule has 220 valence electrons. The smallest absolute Gasteiger partial charge is 0.394 e. The Morgan fingerprint density at radius 2 is 1.95 bits per heavy atom. The second-order valence-electron chi connectivity index (χ2n) is 11.1. The Bertz CT molecular complexity index is 1770. The molecule has 1 aliphatic carbocycles. The first-order chi connectivity index (χ1) is 20.5. The number of halogens is 4. The Labute approximate surface area is 243 Å². The van der Waals surface area contributed by atoms with Crippen molar-refractivity contribution >= 4 is 24.1 Å². The number of rotatable bonds is 8. The zero-order valence-electron chi connectivity index (χ0n) is 22.7. The van der Waals surface area contributed by atoms with Crippen LogP contribution >= 0.6 is 0 Å². The van der Waals surface area contributed by atoms with E-state index in [1.165, 1.54) is 12.1 Å². The van der Waals surface area contributed by atoms with Crippen LogP contribution in [0.25, 0.3) is 22.2 Å². The molecule has 1 saturated heterocycles. The van der Waals surface area contributed by atoms with Crippen LogP contribution < -0.4 is 14.8 Å². The summed E-state index contributed by atoms with van der Waals surface area (Å²) in [5.41, 5.74) is 0.652. The van der Waals surface area contributed by atoms with Crippen molar-refractivity contribution in [3.8, 4) is 22.8 Å². The Morgan fingerprint density at radius 1 is 1.19 bits per heavy atom. The standard InChI is InChI=1S/C30H24BF4N3O5/c1-41-28(40,14-37-26(39)17-11-16-3-2-10-36-23(16)21(12-17)42-19-8-9-19)22-13-20-25(43-27-29(20,31-27)30(33,34)35)24(38-22)15-4-6-18(32)7-5-15/h2-7,10-13,19,27,31,40H,8-9,14H2,1H3,(H,37,39)/t27?,28?,29-/m0/s1. The Kier molecular flexibility index (Phi) is 6.19. The summed E-state index contributed by atoms with van der Waals surface area (Å²) >= 11 is 0. The highest BCUT2D eigenvalue weighted by Crippen LogP contribution is 2.62.